The van der Waals surface area contributed by atoms with Crippen LogP contribution in [0.25, 0.3) is 10.8 Å². The number of hydrazine groups is 1. The molecule has 0 spiro atoms. The molecule has 0 aliphatic carbocycles. The molecule has 0 atom stereocenters. The van der Waals surface area contributed by atoms with Gasteiger partial charge in [0.05, 0.1) is 11.5 Å². The van der Waals surface area contributed by atoms with Crippen LogP contribution in [-0.2, 0) is 14.8 Å². The molecule has 0 heterocycles. The summed E-state index contributed by atoms with van der Waals surface area (Å²) in [5.74, 6) is 5.38. The van der Waals surface area contributed by atoms with Crippen LogP contribution in [0.2, 0.25) is 0 Å². The highest BCUT2D eigenvalue weighted by Gasteiger charge is 2.29. The quantitative estimate of drug-likeness (QED) is 0.383. The Bertz CT molecular complexity index is 789. The van der Waals surface area contributed by atoms with Crippen LogP contribution < -0.4 is 11.6 Å². The van der Waals surface area contributed by atoms with E-state index in [2.05, 4.69) is 4.74 Å². The minimum absolute atomic E-state index is 0.0184. The summed E-state index contributed by atoms with van der Waals surface area (Å²) in [6, 6.07) is 9.46. The molecular weight excluding hydrogens is 294 g/mol. The van der Waals surface area contributed by atoms with Gasteiger partial charge in [-0.1, -0.05) is 24.3 Å². The molecule has 2 aromatic rings. The second-order valence-corrected chi connectivity index (χ2v) is 5.98. The first kappa shape index (κ1) is 15.1. The van der Waals surface area contributed by atoms with Crippen LogP contribution in [0, 0.1) is 0 Å². The molecule has 0 aromatic heterocycles. The van der Waals surface area contributed by atoms with Crippen LogP contribution in [0.5, 0.6) is 0 Å². The van der Waals surface area contributed by atoms with Gasteiger partial charge in [-0.25, -0.2) is 10.6 Å². The first-order valence-corrected chi connectivity index (χ1v) is 7.57. The lowest BCUT2D eigenvalue weighted by Crippen LogP contribution is -2.42. The van der Waals surface area contributed by atoms with Gasteiger partial charge >= 0.3 is 6.09 Å². The Balaban J connectivity index is 2.61. The smallest absolute Gasteiger partial charge is 0.438 e. The maximum Gasteiger partial charge on any atom is 0.438 e. The molecule has 0 radical (unpaired) electrons. The molecule has 0 bridgehead atoms. The first-order chi connectivity index (χ1) is 9.89. The summed E-state index contributed by atoms with van der Waals surface area (Å²) in [4.78, 5) is 11.4. The summed E-state index contributed by atoms with van der Waals surface area (Å²) < 4.78 is 29.6. The number of sulfonamides is 1. The van der Waals surface area contributed by atoms with Gasteiger partial charge in [-0.2, -0.15) is 8.42 Å². The molecular formula is C13H15N3O4S. The van der Waals surface area contributed by atoms with Crippen molar-refractivity contribution in [2.24, 2.45) is 5.84 Å². The van der Waals surface area contributed by atoms with Gasteiger partial charge in [-0.15, -0.1) is 4.41 Å². The van der Waals surface area contributed by atoms with E-state index in [0.717, 1.165) is 0 Å². The van der Waals surface area contributed by atoms with Gasteiger partial charge < -0.3 is 10.5 Å². The van der Waals surface area contributed by atoms with Gasteiger partial charge in [-0.05, 0) is 19.1 Å². The minimum atomic E-state index is -4.22. The number of anilines is 1. The average molecular weight is 309 g/mol. The van der Waals surface area contributed by atoms with E-state index in [1.54, 1.807) is 31.2 Å². The number of nitrogens with two attached hydrogens (primary N) is 2. The number of rotatable bonds is 3. The Morgan fingerprint density at radius 1 is 1.19 bits per heavy atom. The Morgan fingerprint density at radius 3 is 2.43 bits per heavy atom. The standard InChI is InChI=1S/C13H15N3O4S/c1-2-20-13(17)16(15)21(18,19)12-8-7-11(14)9-5-3-4-6-10(9)12/h3-8H,2,14-15H2,1H3. The second kappa shape index (κ2) is 5.58. The predicted molar refractivity (Wildman–Crippen MR) is 78.6 cm³/mol. The molecule has 0 unspecified atom stereocenters. The van der Waals surface area contributed by atoms with Crippen LogP contribution in [0.4, 0.5) is 10.5 Å². The number of hydrogen-bond acceptors (Lipinski definition) is 6. The molecule has 0 aliphatic heterocycles. The van der Waals surface area contributed by atoms with E-state index in [1.165, 1.54) is 12.1 Å². The van der Waals surface area contributed by atoms with Crippen LogP contribution >= 0.6 is 0 Å². The van der Waals surface area contributed by atoms with Crippen molar-refractivity contribution < 1.29 is 17.9 Å². The molecule has 2 rings (SSSR count). The van der Waals surface area contributed by atoms with E-state index in [9.17, 15) is 13.2 Å². The van der Waals surface area contributed by atoms with Gasteiger partial charge in [-0.3, -0.25) is 0 Å². The highest BCUT2D eigenvalue weighted by atomic mass is 32.2. The topological polar surface area (TPSA) is 116 Å². The summed E-state index contributed by atoms with van der Waals surface area (Å²) >= 11 is 0. The summed E-state index contributed by atoms with van der Waals surface area (Å²) in [7, 11) is -4.22. The molecule has 7 nitrogen and oxygen atoms in total. The van der Waals surface area contributed by atoms with Crippen LogP contribution in [0.3, 0.4) is 0 Å². The van der Waals surface area contributed by atoms with Crippen molar-refractivity contribution >= 4 is 32.6 Å². The zero-order valence-corrected chi connectivity index (χ0v) is 12.1. The van der Waals surface area contributed by atoms with Crippen molar-refractivity contribution in [2.45, 2.75) is 11.8 Å². The van der Waals surface area contributed by atoms with Crippen LogP contribution in [0.1, 0.15) is 6.92 Å². The van der Waals surface area contributed by atoms with E-state index < -0.39 is 16.1 Å². The monoisotopic (exact) mass is 309 g/mol. The summed E-state index contributed by atoms with van der Waals surface area (Å²) in [5.41, 5.74) is 6.26. The zero-order valence-electron chi connectivity index (χ0n) is 11.3. The molecule has 8 heteroatoms. The van der Waals surface area contributed by atoms with Gasteiger partial charge in [0.25, 0.3) is 10.0 Å². The van der Waals surface area contributed by atoms with E-state index in [1.807, 2.05) is 0 Å². The van der Waals surface area contributed by atoms with Crippen molar-refractivity contribution in [1.29, 1.82) is 0 Å². The Labute approximate surface area is 122 Å². The highest BCUT2D eigenvalue weighted by Crippen LogP contribution is 2.29. The number of nitrogen functional groups attached to an aromatic ring is 1. The molecule has 0 aliphatic rings. The summed E-state index contributed by atoms with van der Waals surface area (Å²) in [5, 5.41) is 0.952. The first-order valence-electron chi connectivity index (χ1n) is 6.13. The van der Waals surface area contributed by atoms with Crippen molar-refractivity contribution in [1.82, 2.24) is 4.41 Å². The normalized spacial score (nSPS) is 11.3. The van der Waals surface area contributed by atoms with E-state index in [-0.39, 0.29) is 15.9 Å². The van der Waals surface area contributed by atoms with Gasteiger partial charge in [0.2, 0.25) is 0 Å². The van der Waals surface area contributed by atoms with Gasteiger partial charge in [0.1, 0.15) is 0 Å². The lowest BCUT2D eigenvalue weighted by Gasteiger charge is -2.17. The number of nitrogens with zero attached hydrogens (tertiary/aromatic N) is 1. The number of ether oxygens (including phenoxy) is 1. The maximum absolute atomic E-state index is 12.4. The van der Waals surface area contributed by atoms with Gasteiger partial charge in [0, 0.05) is 16.5 Å². The number of carbonyl (C=O) groups excluding carboxylic acids is 1. The largest absolute Gasteiger partial charge is 0.448 e. The van der Waals surface area contributed by atoms with Crippen molar-refractivity contribution in [3.8, 4) is 0 Å². The maximum atomic E-state index is 12.4. The third-order valence-electron chi connectivity index (χ3n) is 2.90. The molecule has 0 fully saturated rings. The van der Waals surface area contributed by atoms with Crippen LogP contribution in [-0.4, -0.2) is 25.5 Å². The second-order valence-electron chi connectivity index (χ2n) is 4.20. The Kier molecular flexibility index (Phi) is 4.01. The highest BCUT2D eigenvalue weighted by molar-refractivity contribution is 7.89. The molecule has 112 valence electrons. The lowest BCUT2D eigenvalue weighted by atomic mass is 10.1. The van der Waals surface area contributed by atoms with Crippen molar-refractivity contribution in [3.63, 3.8) is 0 Å². The third-order valence-corrected chi connectivity index (χ3v) is 4.48. The fourth-order valence-electron chi connectivity index (χ4n) is 1.91. The van der Waals surface area contributed by atoms with Crippen LogP contribution in [0.15, 0.2) is 41.3 Å². The third kappa shape index (κ3) is 2.63. The minimum Gasteiger partial charge on any atom is -0.448 e. The molecule has 2 aromatic carbocycles. The van der Waals surface area contributed by atoms with Gasteiger partial charge in [0.15, 0.2) is 0 Å². The Hall–Kier alpha value is -2.32. The van der Waals surface area contributed by atoms with E-state index in [0.29, 0.717) is 16.5 Å². The van der Waals surface area contributed by atoms with E-state index >= 15 is 0 Å². The summed E-state index contributed by atoms with van der Waals surface area (Å²) in [6.45, 7) is 1.57. The summed E-state index contributed by atoms with van der Waals surface area (Å²) in [6.07, 6.45) is -1.14. The Morgan fingerprint density at radius 2 is 1.81 bits per heavy atom. The molecule has 21 heavy (non-hydrogen) atoms. The average Bonchev–Trinajstić information content (AvgIpc) is 2.47. The zero-order chi connectivity index (χ0) is 15.6. The number of hydrogen-bond donors (Lipinski definition) is 2. The molecule has 1 amide bonds. The molecule has 0 saturated carbocycles. The van der Waals surface area contributed by atoms with E-state index in [4.69, 9.17) is 11.6 Å². The molecule has 4 N–H and O–H groups in total. The SMILES string of the molecule is CCOC(=O)N(N)S(=O)(=O)c1ccc(N)c2ccccc12. The number of fused-ring (bicyclic) bond motifs is 1. The molecule has 0 saturated heterocycles. The fraction of sp³-hybridized carbons (Fsp3) is 0.154. The lowest BCUT2D eigenvalue weighted by molar-refractivity contribution is 0.131. The predicted octanol–water partition coefficient (Wildman–Crippen LogP) is 1.44. The number of benzene rings is 2. The fourth-order valence-corrected chi connectivity index (χ4v) is 3.07. The number of amides is 1. The van der Waals surface area contributed by atoms with Crippen molar-refractivity contribution in [3.05, 3.63) is 36.4 Å². The van der Waals surface area contributed by atoms with Crippen molar-refractivity contribution in [2.75, 3.05) is 12.3 Å². The number of carbonyl (C=O) groups is 1.